The molecule has 1 aliphatic heterocycles. The van der Waals surface area contributed by atoms with Crippen LogP contribution in [0.15, 0.2) is 24.3 Å². The van der Waals surface area contributed by atoms with Gasteiger partial charge in [0.2, 0.25) is 0 Å². The first-order valence-corrected chi connectivity index (χ1v) is 7.17. The summed E-state index contributed by atoms with van der Waals surface area (Å²) in [5.41, 5.74) is 0.946. The van der Waals surface area contributed by atoms with Gasteiger partial charge in [0.05, 0.1) is 6.04 Å². The van der Waals surface area contributed by atoms with E-state index in [9.17, 15) is 9.59 Å². The quantitative estimate of drug-likeness (QED) is 0.789. The predicted molar refractivity (Wildman–Crippen MR) is 74.5 cm³/mol. The Morgan fingerprint density at radius 1 is 1.20 bits per heavy atom. The highest BCUT2D eigenvalue weighted by Crippen LogP contribution is 2.43. The SMILES string of the molecule is CC1CCCC(C2c3ccccc3OC(=O)N2C)C1=O. The maximum Gasteiger partial charge on any atom is 0.415 e. The second kappa shape index (κ2) is 4.93. The van der Waals surface area contributed by atoms with E-state index in [1.165, 1.54) is 0 Å². The van der Waals surface area contributed by atoms with Crippen LogP contribution in [-0.2, 0) is 4.79 Å². The van der Waals surface area contributed by atoms with Crippen molar-refractivity contribution in [3.63, 3.8) is 0 Å². The van der Waals surface area contributed by atoms with Gasteiger partial charge in [0.25, 0.3) is 0 Å². The monoisotopic (exact) mass is 273 g/mol. The molecule has 1 heterocycles. The molecule has 0 bridgehead atoms. The average molecular weight is 273 g/mol. The van der Waals surface area contributed by atoms with Crippen molar-refractivity contribution >= 4 is 11.9 Å². The number of rotatable bonds is 1. The molecule has 1 aromatic carbocycles. The van der Waals surface area contributed by atoms with E-state index in [1.807, 2.05) is 25.1 Å². The number of amides is 1. The molecule has 0 radical (unpaired) electrons. The van der Waals surface area contributed by atoms with Crippen LogP contribution in [-0.4, -0.2) is 23.8 Å². The Balaban J connectivity index is 2.02. The first-order valence-electron chi connectivity index (χ1n) is 7.17. The molecule has 1 amide bonds. The molecule has 106 valence electrons. The molecule has 0 aromatic heterocycles. The first kappa shape index (κ1) is 13.2. The lowest BCUT2D eigenvalue weighted by atomic mass is 9.75. The van der Waals surface area contributed by atoms with Crippen molar-refractivity contribution in [1.82, 2.24) is 4.90 Å². The van der Waals surface area contributed by atoms with Crippen LogP contribution >= 0.6 is 0 Å². The van der Waals surface area contributed by atoms with Crippen LogP contribution in [0.5, 0.6) is 5.75 Å². The van der Waals surface area contributed by atoms with Crippen LogP contribution in [0.25, 0.3) is 0 Å². The van der Waals surface area contributed by atoms with Gasteiger partial charge in [-0.1, -0.05) is 31.5 Å². The number of Topliss-reactive ketones (excluding diaryl/α,β-unsaturated/α-hetero) is 1. The Morgan fingerprint density at radius 3 is 2.75 bits per heavy atom. The number of para-hydroxylation sites is 1. The van der Waals surface area contributed by atoms with E-state index in [0.717, 1.165) is 24.8 Å². The zero-order valence-electron chi connectivity index (χ0n) is 11.8. The van der Waals surface area contributed by atoms with Gasteiger partial charge in [0.15, 0.2) is 0 Å². The van der Waals surface area contributed by atoms with E-state index in [2.05, 4.69) is 0 Å². The fourth-order valence-electron chi connectivity index (χ4n) is 3.40. The predicted octanol–water partition coefficient (Wildman–Crippen LogP) is 3.18. The molecule has 0 N–H and O–H groups in total. The van der Waals surface area contributed by atoms with Gasteiger partial charge in [-0.15, -0.1) is 0 Å². The number of ketones is 1. The zero-order chi connectivity index (χ0) is 14.3. The highest BCUT2D eigenvalue weighted by atomic mass is 16.6. The normalized spacial score (nSPS) is 29.9. The van der Waals surface area contributed by atoms with E-state index >= 15 is 0 Å². The fourth-order valence-corrected chi connectivity index (χ4v) is 3.40. The van der Waals surface area contributed by atoms with Gasteiger partial charge in [0.1, 0.15) is 11.5 Å². The molecular weight excluding hydrogens is 254 g/mol. The van der Waals surface area contributed by atoms with Crippen molar-refractivity contribution < 1.29 is 14.3 Å². The van der Waals surface area contributed by atoms with Crippen LogP contribution < -0.4 is 4.74 Å². The molecule has 3 unspecified atom stereocenters. The minimum atomic E-state index is -0.375. The van der Waals surface area contributed by atoms with E-state index in [1.54, 1.807) is 18.0 Å². The average Bonchev–Trinajstić information content (AvgIpc) is 2.44. The fraction of sp³-hybridized carbons (Fsp3) is 0.500. The highest BCUT2D eigenvalue weighted by Gasteiger charge is 2.42. The number of fused-ring (bicyclic) bond motifs is 1. The lowest BCUT2D eigenvalue weighted by Gasteiger charge is -2.40. The van der Waals surface area contributed by atoms with Crippen molar-refractivity contribution in [2.75, 3.05) is 7.05 Å². The molecular formula is C16H19NO3. The maximum atomic E-state index is 12.5. The largest absolute Gasteiger partial charge is 0.415 e. The third-order valence-electron chi connectivity index (χ3n) is 4.52. The van der Waals surface area contributed by atoms with Gasteiger partial charge in [0, 0.05) is 24.4 Å². The third-order valence-corrected chi connectivity index (χ3v) is 4.52. The van der Waals surface area contributed by atoms with Crippen LogP contribution in [0.4, 0.5) is 4.79 Å². The number of benzene rings is 1. The smallest absolute Gasteiger partial charge is 0.410 e. The highest BCUT2D eigenvalue weighted by molar-refractivity contribution is 5.86. The molecule has 1 aromatic rings. The molecule has 0 spiro atoms. The molecule has 0 saturated heterocycles. The van der Waals surface area contributed by atoms with Crippen LogP contribution in [0.1, 0.15) is 37.8 Å². The van der Waals surface area contributed by atoms with Gasteiger partial charge in [-0.3, -0.25) is 4.79 Å². The summed E-state index contributed by atoms with van der Waals surface area (Å²) in [6.07, 6.45) is 2.47. The van der Waals surface area contributed by atoms with Gasteiger partial charge >= 0.3 is 6.09 Å². The lowest BCUT2D eigenvalue weighted by Crippen LogP contribution is -2.45. The Bertz CT molecular complexity index is 554. The van der Waals surface area contributed by atoms with Gasteiger partial charge in [-0.2, -0.15) is 0 Å². The minimum Gasteiger partial charge on any atom is -0.410 e. The molecule has 4 nitrogen and oxygen atoms in total. The minimum absolute atomic E-state index is 0.0901. The number of carbonyl (C=O) groups excluding carboxylic acids is 2. The Kier molecular flexibility index (Phi) is 3.24. The molecule has 1 aliphatic carbocycles. The summed E-state index contributed by atoms with van der Waals surface area (Å²) < 4.78 is 5.30. The van der Waals surface area contributed by atoms with Crippen molar-refractivity contribution in [2.24, 2.45) is 11.8 Å². The Morgan fingerprint density at radius 2 is 1.95 bits per heavy atom. The summed E-state index contributed by atoms with van der Waals surface area (Å²) in [7, 11) is 1.72. The van der Waals surface area contributed by atoms with E-state index < -0.39 is 0 Å². The van der Waals surface area contributed by atoms with Gasteiger partial charge < -0.3 is 9.64 Å². The van der Waals surface area contributed by atoms with E-state index in [0.29, 0.717) is 5.75 Å². The van der Waals surface area contributed by atoms with Crippen LogP contribution in [0.3, 0.4) is 0 Å². The molecule has 20 heavy (non-hydrogen) atoms. The van der Waals surface area contributed by atoms with Crippen molar-refractivity contribution in [2.45, 2.75) is 32.2 Å². The number of ether oxygens (including phenoxy) is 1. The summed E-state index contributed by atoms with van der Waals surface area (Å²) in [6, 6.07) is 7.33. The molecule has 4 heteroatoms. The lowest BCUT2D eigenvalue weighted by molar-refractivity contribution is -0.130. The zero-order valence-corrected chi connectivity index (χ0v) is 11.8. The third kappa shape index (κ3) is 1.99. The topological polar surface area (TPSA) is 46.6 Å². The Labute approximate surface area is 118 Å². The van der Waals surface area contributed by atoms with Crippen molar-refractivity contribution in [3.05, 3.63) is 29.8 Å². The summed E-state index contributed by atoms with van der Waals surface area (Å²) in [5.74, 6) is 0.842. The summed E-state index contributed by atoms with van der Waals surface area (Å²) >= 11 is 0. The number of carbonyl (C=O) groups is 2. The summed E-state index contributed by atoms with van der Waals surface area (Å²) in [6.45, 7) is 1.99. The molecule has 3 rings (SSSR count). The molecule has 1 fully saturated rings. The van der Waals surface area contributed by atoms with E-state index in [4.69, 9.17) is 4.74 Å². The van der Waals surface area contributed by atoms with Crippen molar-refractivity contribution in [1.29, 1.82) is 0 Å². The Hall–Kier alpha value is -1.84. The summed E-state index contributed by atoms with van der Waals surface area (Å²) in [5, 5.41) is 0. The van der Waals surface area contributed by atoms with Gasteiger partial charge in [-0.05, 0) is 18.9 Å². The first-order chi connectivity index (χ1) is 9.59. The number of hydrogen-bond acceptors (Lipinski definition) is 3. The second-order valence-electron chi connectivity index (χ2n) is 5.80. The molecule has 2 aliphatic rings. The second-order valence-corrected chi connectivity index (χ2v) is 5.80. The van der Waals surface area contributed by atoms with Crippen LogP contribution in [0, 0.1) is 11.8 Å². The summed E-state index contributed by atoms with van der Waals surface area (Å²) in [4.78, 5) is 26.1. The van der Waals surface area contributed by atoms with Crippen molar-refractivity contribution in [3.8, 4) is 5.75 Å². The molecule has 1 saturated carbocycles. The van der Waals surface area contributed by atoms with E-state index in [-0.39, 0.29) is 29.8 Å². The maximum absolute atomic E-state index is 12.5. The molecule has 3 atom stereocenters. The van der Waals surface area contributed by atoms with Crippen LogP contribution in [0.2, 0.25) is 0 Å². The standard InChI is InChI=1S/C16H19NO3/c1-10-6-5-8-12(15(10)18)14-11-7-3-4-9-13(11)20-16(19)17(14)2/h3-4,7,9-10,12,14H,5-6,8H2,1-2H3. The number of nitrogens with zero attached hydrogens (tertiary/aromatic N) is 1. The number of hydrogen-bond donors (Lipinski definition) is 0. The van der Waals surface area contributed by atoms with Gasteiger partial charge in [-0.25, -0.2) is 4.79 Å².